The molecular weight excluding hydrogens is 329 g/mol. The van der Waals surface area contributed by atoms with Crippen molar-refractivity contribution in [1.82, 2.24) is 5.32 Å². The number of ether oxygens (including phenoxy) is 1. The van der Waals surface area contributed by atoms with Gasteiger partial charge in [0.2, 0.25) is 11.8 Å². The van der Waals surface area contributed by atoms with Crippen molar-refractivity contribution in [2.24, 2.45) is 0 Å². The monoisotopic (exact) mass is 353 g/mol. The van der Waals surface area contributed by atoms with Gasteiger partial charge in [0, 0.05) is 39.2 Å². The van der Waals surface area contributed by atoms with Crippen LogP contribution in [0.5, 0.6) is 0 Å². The molecule has 0 unspecified atom stereocenters. The summed E-state index contributed by atoms with van der Waals surface area (Å²) in [6.45, 7) is 5.00. The second kappa shape index (κ2) is 8.77. The molecular formula is C17H24FN3O4. The number of nitrogens with one attached hydrogen (secondary N) is 1. The molecule has 25 heavy (non-hydrogen) atoms. The summed E-state index contributed by atoms with van der Waals surface area (Å²) >= 11 is 0. The van der Waals surface area contributed by atoms with Crippen LogP contribution in [0.15, 0.2) is 18.2 Å². The summed E-state index contributed by atoms with van der Waals surface area (Å²) < 4.78 is 19.8. The molecule has 1 heterocycles. The Hall–Kier alpha value is -2.19. The van der Waals surface area contributed by atoms with Crippen molar-refractivity contribution < 1.29 is 23.8 Å². The number of aliphatic hydroxyl groups is 1. The molecule has 1 atom stereocenters. The van der Waals surface area contributed by atoms with Crippen molar-refractivity contribution in [3.8, 4) is 0 Å². The van der Waals surface area contributed by atoms with Crippen molar-refractivity contribution >= 4 is 23.2 Å². The first-order valence-corrected chi connectivity index (χ1v) is 8.21. The molecule has 0 spiro atoms. The molecule has 0 saturated carbocycles. The van der Waals surface area contributed by atoms with Crippen molar-refractivity contribution in [3.05, 3.63) is 24.0 Å². The quantitative estimate of drug-likeness (QED) is 0.779. The average Bonchev–Trinajstić information content (AvgIpc) is 2.58. The highest BCUT2D eigenvalue weighted by atomic mass is 19.1. The van der Waals surface area contributed by atoms with E-state index in [1.54, 1.807) is 12.1 Å². The Morgan fingerprint density at radius 3 is 2.60 bits per heavy atom. The summed E-state index contributed by atoms with van der Waals surface area (Å²) in [6, 6.07) is 4.57. The van der Waals surface area contributed by atoms with Crippen molar-refractivity contribution in [3.63, 3.8) is 0 Å². The Labute approximate surface area is 146 Å². The topological polar surface area (TPSA) is 82.1 Å². The second-order valence-electron chi connectivity index (χ2n) is 5.96. The third-order valence-electron chi connectivity index (χ3n) is 3.95. The summed E-state index contributed by atoms with van der Waals surface area (Å²) in [4.78, 5) is 26.0. The fourth-order valence-electron chi connectivity index (χ4n) is 2.68. The van der Waals surface area contributed by atoms with Crippen molar-refractivity contribution in [1.29, 1.82) is 0 Å². The minimum atomic E-state index is -0.949. The number of carbonyl (C=O) groups excluding carboxylic acids is 2. The van der Waals surface area contributed by atoms with Crippen LogP contribution in [-0.2, 0) is 14.3 Å². The van der Waals surface area contributed by atoms with E-state index in [0.717, 1.165) is 0 Å². The van der Waals surface area contributed by atoms with E-state index >= 15 is 0 Å². The summed E-state index contributed by atoms with van der Waals surface area (Å²) in [5.41, 5.74) is 0.832. The second-order valence-corrected chi connectivity index (χ2v) is 5.96. The van der Waals surface area contributed by atoms with Crippen LogP contribution in [0.2, 0.25) is 0 Å². The van der Waals surface area contributed by atoms with Crippen molar-refractivity contribution in [2.45, 2.75) is 20.0 Å². The third kappa shape index (κ3) is 5.40. The van der Waals surface area contributed by atoms with E-state index in [1.165, 1.54) is 24.8 Å². The number of rotatable bonds is 6. The number of hydrogen-bond donors (Lipinski definition) is 2. The van der Waals surface area contributed by atoms with Gasteiger partial charge < -0.3 is 25.0 Å². The Kier molecular flexibility index (Phi) is 6.72. The number of nitrogens with zero attached hydrogens (tertiary/aromatic N) is 2. The van der Waals surface area contributed by atoms with Gasteiger partial charge in [0.15, 0.2) is 0 Å². The van der Waals surface area contributed by atoms with Gasteiger partial charge in [-0.1, -0.05) is 0 Å². The highest BCUT2D eigenvalue weighted by Crippen LogP contribution is 2.26. The largest absolute Gasteiger partial charge is 0.389 e. The lowest BCUT2D eigenvalue weighted by Crippen LogP contribution is -2.41. The first-order valence-electron chi connectivity index (χ1n) is 8.21. The van der Waals surface area contributed by atoms with Gasteiger partial charge in [0.25, 0.3) is 0 Å². The Bertz CT molecular complexity index is 620. The maximum Gasteiger partial charge on any atom is 0.223 e. The SMILES string of the molecule is CC(=O)NC[C@H](O)CN(C(C)=O)c1ccc(N2CCOCC2)c(F)c1. The molecule has 0 bridgehead atoms. The zero-order valence-corrected chi connectivity index (χ0v) is 14.5. The maximum absolute atomic E-state index is 14.5. The fraction of sp³-hybridized carbons (Fsp3) is 0.529. The summed E-state index contributed by atoms with van der Waals surface area (Å²) in [6.07, 6.45) is -0.949. The van der Waals surface area contributed by atoms with Gasteiger partial charge in [-0.25, -0.2) is 4.39 Å². The summed E-state index contributed by atoms with van der Waals surface area (Å²) in [5, 5.41) is 12.5. The molecule has 1 aromatic carbocycles. The van der Waals surface area contributed by atoms with Gasteiger partial charge in [-0.15, -0.1) is 0 Å². The molecule has 1 fully saturated rings. The number of amides is 2. The molecule has 1 saturated heterocycles. The summed E-state index contributed by atoms with van der Waals surface area (Å²) in [5.74, 6) is -1.02. The van der Waals surface area contributed by atoms with Gasteiger partial charge in [-0.2, -0.15) is 0 Å². The number of halogens is 1. The van der Waals surface area contributed by atoms with Crippen LogP contribution in [0.25, 0.3) is 0 Å². The standard InChI is InChI=1S/C17H24FN3O4/c1-12(22)19-10-15(24)11-21(13(2)23)14-3-4-17(16(18)9-14)20-5-7-25-8-6-20/h3-4,9,15,24H,5-8,10-11H2,1-2H3,(H,19,22)/t15-/m0/s1. The Morgan fingerprint density at radius 2 is 2.04 bits per heavy atom. The summed E-state index contributed by atoms with van der Waals surface area (Å²) in [7, 11) is 0. The highest BCUT2D eigenvalue weighted by molar-refractivity contribution is 5.91. The van der Waals surface area contributed by atoms with Gasteiger partial charge >= 0.3 is 0 Å². The van der Waals surface area contributed by atoms with Crippen LogP contribution < -0.4 is 15.1 Å². The molecule has 0 aliphatic carbocycles. The van der Waals surface area contributed by atoms with E-state index in [2.05, 4.69) is 5.32 Å². The number of anilines is 2. The van der Waals surface area contributed by atoms with Crippen LogP contribution in [0, 0.1) is 5.82 Å². The van der Waals surface area contributed by atoms with Crippen LogP contribution in [-0.4, -0.2) is 62.4 Å². The fourth-order valence-corrected chi connectivity index (χ4v) is 2.68. The highest BCUT2D eigenvalue weighted by Gasteiger charge is 2.20. The van der Waals surface area contributed by atoms with E-state index < -0.39 is 11.9 Å². The smallest absolute Gasteiger partial charge is 0.223 e. The Balaban J connectivity index is 2.11. The van der Waals surface area contributed by atoms with Crippen LogP contribution in [0.3, 0.4) is 0 Å². The van der Waals surface area contributed by atoms with Crippen molar-refractivity contribution in [2.75, 3.05) is 49.2 Å². The molecule has 0 radical (unpaired) electrons. The first-order chi connectivity index (χ1) is 11.9. The van der Waals surface area contributed by atoms with Gasteiger partial charge in [0.05, 0.1) is 31.5 Å². The van der Waals surface area contributed by atoms with Crippen LogP contribution in [0.4, 0.5) is 15.8 Å². The molecule has 1 aliphatic heterocycles. The molecule has 2 amide bonds. The lowest BCUT2D eigenvalue weighted by atomic mass is 10.2. The zero-order chi connectivity index (χ0) is 18.4. The van der Waals surface area contributed by atoms with Crippen LogP contribution in [0.1, 0.15) is 13.8 Å². The van der Waals surface area contributed by atoms with Gasteiger partial charge in [-0.3, -0.25) is 9.59 Å². The predicted molar refractivity (Wildman–Crippen MR) is 92.1 cm³/mol. The lowest BCUT2D eigenvalue weighted by Gasteiger charge is -2.30. The first kappa shape index (κ1) is 19.1. The molecule has 2 N–H and O–H groups in total. The normalized spacial score (nSPS) is 15.6. The molecule has 7 nitrogen and oxygen atoms in total. The molecule has 8 heteroatoms. The third-order valence-corrected chi connectivity index (χ3v) is 3.95. The lowest BCUT2D eigenvalue weighted by molar-refractivity contribution is -0.119. The van der Waals surface area contributed by atoms with E-state index in [1.807, 2.05) is 4.90 Å². The molecule has 0 aromatic heterocycles. The van der Waals surface area contributed by atoms with E-state index in [4.69, 9.17) is 4.74 Å². The molecule has 1 aromatic rings. The molecule has 138 valence electrons. The Morgan fingerprint density at radius 1 is 1.36 bits per heavy atom. The number of benzene rings is 1. The number of carbonyl (C=O) groups is 2. The minimum absolute atomic E-state index is 0.0213. The van der Waals surface area contributed by atoms with E-state index in [9.17, 15) is 19.1 Å². The number of hydrogen-bond acceptors (Lipinski definition) is 5. The van der Waals surface area contributed by atoms with E-state index in [-0.39, 0.29) is 24.9 Å². The zero-order valence-electron chi connectivity index (χ0n) is 14.5. The van der Waals surface area contributed by atoms with Gasteiger partial charge in [-0.05, 0) is 18.2 Å². The average molecular weight is 353 g/mol. The minimum Gasteiger partial charge on any atom is -0.389 e. The van der Waals surface area contributed by atoms with E-state index in [0.29, 0.717) is 37.7 Å². The number of aliphatic hydroxyl groups excluding tert-OH is 1. The van der Waals surface area contributed by atoms with Gasteiger partial charge in [0.1, 0.15) is 5.82 Å². The maximum atomic E-state index is 14.5. The number of morpholine rings is 1. The predicted octanol–water partition coefficient (Wildman–Crippen LogP) is 0.512. The molecule has 2 rings (SSSR count). The molecule has 1 aliphatic rings. The van der Waals surface area contributed by atoms with Crippen LogP contribution >= 0.6 is 0 Å².